The molecule has 1 aromatic carbocycles. The van der Waals surface area contributed by atoms with Gasteiger partial charge in [0.1, 0.15) is 0 Å². The molecule has 6 heteroatoms. The number of carbonyl (C=O) groups excluding carboxylic acids is 1. The average Bonchev–Trinajstić information content (AvgIpc) is 2.78. The number of nitrogens with one attached hydrogen (secondary N) is 1. The number of esters is 1. The predicted octanol–water partition coefficient (Wildman–Crippen LogP) is 3.68. The number of halogens is 3. The summed E-state index contributed by atoms with van der Waals surface area (Å²) in [5, 5.41) is 0.697. The number of aromatic amines is 1. The van der Waals surface area contributed by atoms with Crippen LogP contribution in [0.2, 0.25) is 0 Å². The number of rotatable bonds is 4. The average molecular weight is 285 g/mol. The first-order valence-corrected chi connectivity index (χ1v) is 6.24. The first kappa shape index (κ1) is 14.4. The van der Waals surface area contributed by atoms with Crippen LogP contribution in [-0.2, 0) is 22.1 Å². The van der Waals surface area contributed by atoms with Crippen LogP contribution < -0.4 is 0 Å². The maximum Gasteiger partial charge on any atom is 0.416 e. The van der Waals surface area contributed by atoms with Gasteiger partial charge in [-0.3, -0.25) is 4.79 Å². The topological polar surface area (TPSA) is 42.1 Å². The first-order valence-electron chi connectivity index (χ1n) is 6.24. The molecule has 0 aliphatic heterocycles. The van der Waals surface area contributed by atoms with E-state index in [-0.39, 0.29) is 12.4 Å². The van der Waals surface area contributed by atoms with Gasteiger partial charge in [-0.15, -0.1) is 0 Å². The van der Waals surface area contributed by atoms with E-state index in [4.69, 9.17) is 4.74 Å². The van der Waals surface area contributed by atoms with Gasteiger partial charge in [-0.1, -0.05) is 6.07 Å². The van der Waals surface area contributed by atoms with Gasteiger partial charge < -0.3 is 9.72 Å². The Balaban J connectivity index is 2.19. The van der Waals surface area contributed by atoms with Gasteiger partial charge in [0.2, 0.25) is 0 Å². The summed E-state index contributed by atoms with van der Waals surface area (Å²) in [5.41, 5.74) is 0.532. The van der Waals surface area contributed by atoms with Crippen molar-refractivity contribution < 1.29 is 22.7 Å². The van der Waals surface area contributed by atoms with E-state index in [9.17, 15) is 18.0 Å². The molecule has 1 aromatic heterocycles. The molecular formula is C14H14F3NO2. The minimum Gasteiger partial charge on any atom is -0.466 e. The number of carbonyl (C=O) groups is 1. The highest BCUT2D eigenvalue weighted by Gasteiger charge is 2.30. The van der Waals surface area contributed by atoms with E-state index < -0.39 is 11.7 Å². The number of aromatic nitrogens is 1. The highest BCUT2D eigenvalue weighted by Crippen LogP contribution is 2.32. The third kappa shape index (κ3) is 3.12. The Labute approximate surface area is 113 Å². The molecular weight excluding hydrogens is 271 g/mol. The number of fused-ring (bicyclic) bond motifs is 1. The van der Waals surface area contributed by atoms with Crippen molar-refractivity contribution in [3.63, 3.8) is 0 Å². The molecule has 0 atom stereocenters. The van der Waals surface area contributed by atoms with Crippen LogP contribution in [0.4, 0.5) is 13.2 Å². The van der Waals surface area contributed by atoms with Crippen LogP contribution in [0.3, 0.4) is 0 Å². The Hall–Kier alpha value is -1.98. The first-order chi connectivity index (χ1) is 9.41. The van der Waals surface area contributed by atoms with E-state index in [0.29, 0.717) is 23.9 Å². The van der Waals surface area contributed by atoms with Crippen LogP contribution in [0.1, 0.15) is 24.5 Å². The Morgan fingerprint density at radius 1 is 1.35 bits per heavy atom. The van der Waals surface area contributed by atoms with Gasteiger partial charge in [0.05, 0.1) is 12.2 Å². The van der Waals surface area contributed by atoms with Gasteiger partial charge in [0, 0.05) is 23.5 Å². The van der Waals surface area contributed by atoms with Gasteiger partial charge in [0.25, 0.3) is 0 Å². The molecule has 0 aliphatic carbocycles. The van der Waals surface area contributed by atoms with Crippen LogP contribution in [-0.4, -0.2) is 17.6 Å². The number of ether oxygens (including phenoxy) is 1. The number of alkyl halides is 3. The molecule has 0 radical (unpaired) electrons. The molecule has 0 fully saturated rings. The number of benzene rings is 1. The summed E-state index contributed by atoms with van der Waals surface area (Å²) >= 11 is 0. The molecule has 0 saturated heterocycles. The molecule has 2 aromatic rings. The SMILES string of the molecule is CCOC(=O)CCc1c[nH]c2cc(C(F)(F)F)ccc12. The van der Waals surface area contributed by atoms with Gasteiger partial charge in [0.15, 0.2) is 0 Å². The fourth-order valence-corrected chi connectivity index (χ4v) is 2.04. The summed E-state index contributed by atoms with van der Waals surface area (Å²) in [5.74, 6) is -0.311. The largest absolute Gasteiger partial charge is 0.466 e. The normalized spacial score (nSPS) is 11.8. The van der Waals surface area contributed by atoms with Crippen LogP contribution in [0.15, 0.2) is 24.4 Å². The van der Waals surface area contributed by atoms with E-state index in [0.717, 1.165) is 17.7 Å². The van der Waals surface area contributed by atoms with E-state index in [2.05, 4.69) is 4.98 Å². The second-order valence-corrected chi connectivity index (χ2v) is 4.38. The second kappa shape index (κ2) is 5.56. The van der Waals surface area contributed by atoms with Crippen molar-refractivity contribution >= 4 is 16.9 Å². The molecule has 0 spiro atoms. The molecule has 20 heavy (non-hydrogen) atoms. The Kier molecular flexibility index (Phi) is 4.01. The van der Waals surface area contributed by atoms with Crippen LogP contribution in [0.25, 0.3) is 10.9 Å². The van der Waals surface area contributed by atoms with Gasteiger partial charge >= 0.3 is 12.1 Å². The maximum atomic E-state index is 12.6. The fourth-order valence-electron chi connectivity index (χ4n) is 2.04. The van der Waals surface area contributed by atoms with E-state index in [1.165, 1.54) is 6.07 Å². The quantitative estimate of drug-likeness (QED) is 0.871. The third-order valence-corrected chi connectivity index (χ3v) is 3.00. The molecule has 0 bridgehead atoms. The van der Waals surface area contributed by atoms with Crippen LogP contribution in [0.5, 0.6) is 0 Å². The standard InChI is InChI=1S/C14H14F3NO2/c1-2-20-13(19)6-3-9-8-18-12-7-10(14(15,16)17)4-5-11(9)12/h4-5,7-8,18H,2-3,6H2,1H3. The van der Waals surface area contributed by atoms with E-state index in [1.807, 2.05) is 0 Å². The summed E-state index contributed by atoms with van der Waals surface area (Å²) in [7, 11) is 0. The lowest BCUT2D eigenvalue weighted by Crippen LogP contribution is -2.05. The highest BCUT2D eigenvalue weighted by molar-refractivity contribution is 5.84. The monoisotopic (exact) mass is 285 g/mol. The molecule has 0 amide bonds. The lowest BCUT2D eigenvalue weighted by molar-refractivity contribution is -0.143. The lowest BCUT2D eigenvalue weighted by atomic mass is 10.1. The van der Waals surface area contributed by atoms with Crippen molar-refractivity contribution in [2.24, 2.45) is 0 Å². The summed E-state index contributed by atoms with van der Waals surface area (Å²) in [6.07, 6.45) is -2.08. The van der Waals surface area contributed by atoms with Gasteiger partial charge in [-0.25, -0.2) is 0 Å². The minimum absolute atomic E-state index is 0.210. The van der Waals surface area contributed by atoms with Gasteiger partial charge in [-0.05, 0) is 31.0 Å². The Morgan fingerprint density at radius 2 is 2.10 bits per heavy atom. The van der Waals surface area contributed by atoms with Crippen molar-refractivity contribution in [1.29, 1.82) is 0 Å². The Bertz CT molecular complexity index is 616. The molecule has 0 aliphatic rings. The Morgan fingerprint density at radius 3 is 2.75 bits per heavy atom. The molecule has 1 N–H and O–H groups in total. The molecule has 2 rings (SSSR count). The fraction of sp³-hybridized carbons (Fsp3) is 0.357. The molecule has 108 valence electrons. The zero-order chi connectivity index (χ0) is 14.8. The molecule has 3 nitrogen and oxygen atoms in total. The summed E-state index contributed by atoms with van der Waals surface area (Å²) in [6, 6.07) is 3.54. The van der Waals surface area contributed by atoms with E-state index >= 15 is 0 Å². The zero-order valence-electron chi connectivity index (χ0n) is 10.9. The van der Waals surface area contributed by atoms with Crippen LogP contribution in [0, 0.1) is 0 Å². The summed E-state index contributed by atoms with van der Waals surface area (Å²) < 4.78 is 42.6. The third-order valence-electron chi connectivity index (χ3n) is 3.00. The minimum atomic E-state index is -4.36. The van der Waals surface area contributed by atoms with Crippen molar-refractivity contribution in [1.82, 2.24) is 4.98 Å². The summed E-state index contributed by atoms with van der Waals surface area (Å²) in [4.78, 5) is 14.1. The summed E-state index contributed by atoms with van der Waals surface area (Å²) in [6.45, 7) is 2.05. The predicted molar refractivity (Wildman–Crippen MR) is 68.3 cm³/mol. The second-order valence-electron chi connectivity index (χ2n) is 4.38. The van der Waals surface area contributed by atoms with Gasteiger partial charge in [-0.2, -0.15) is 13.2 Å². The molecule has 1 heterocycles. The van der Waals surface area contributed by atoms with Crippen molar-refractivity contribution in [2.45, 2.75) is 25.9 Å². The van der Waals surface area contributed by atoms with Crippen LogP contribution >= 0.6 is 0 Å². The number of H-pyrrole nitrogens is 1. The smallest absolute Gasteiger partial charge is 0.416 e. The highest BCUT2D eigenvalue weighted by atomic mass is 19.4. The zero-order valence-corrected chi connectivity index (χ0v) is 10.9. The number of aryl methyl sites for hydroxylation is 1. The van der Waals surface area contributed by atoms with Crippen molar-refractivity contribution in [3.05, 3.63) is 35.5 Å². The maximum absolute atomic E-state index is 12.6. The molecule has 0 saturated carbocycles. The van der Waals surface area contributed by atoms with Crippen molar-refractivity contribution in [2.75, 3.05) is 6.61 Å². The van der Waals surface area contributed by atoms with E-state index in [1.54, 1.807) is 13.1 Å². The lowest BCUT2D eigenvalue weighted by Gasteiger charge is -2.06. The number of hydrogen-bond acceptors (Lipinski definition) is 2. The molecule has 0 unspecified atom stereocenters. The number of hydrogen-bond donors (Lipinski definition) is 1. The van der Waals surface area contributed by atoms with Crippen molar-refractivity contribution in [3.8, 4) is 0 Å².